The van der Waals surface area contributed by atoms with E-state index in [1.807, 2.05) is 37.3 Å². The molecule has 0 fully saturated rings. The smallest absolute Gasteiger partial charge is 0.408 e. The summed E-state index contributed by atoms with van der Waals surface area (Å²) < 4.78 is 5.26. The molecule has 0 aromatic heterocycles. The van der Waals surface area contributed by atoms with Gasteiger partial charge in [0.25, 0.3) is 0 Å². The summed E-state index contributed by atoms with van der Waals surface area (Å²) in [5, 5.41) is 25.4. The number of benzene rings is 2. The third kappa shape index (κ3) is 8.49. The Bertz CT molecular complexity index is 1070. The molecule has 2 aromatic rings. The highest BCUT2D eigenvalue weighted by Gasteiger charge is 2.38. The Balaban J connectivity index is 2.47. The number of phenolic OH excluding ortho intramolecular Hbond substituents is 1. The number of carbonyl (C=O) groups excluding carboxylic acids is 3. The molecule has 0 heterocycles. The van der Waals surface area contributed by atoms with Gasteiger partial charge in [0.1, 0.15) is 23.4 Å². The second-order valence-electron chi connectivity index (χ2n) is 10.0. The number of aromatic hydroxyl groups is 1. The van der Waals surface area contributed by atoms with Crippen LogP contribution in [0.4, 0.5) is 4.79 Å². The first-order valence-corrected chi connectivity index (χ1v) is 12.4. The van der Waals surface area contributed by atoms with Gasteiger partial charge < -0.3 is 30.5 Å². The number of hydrogen-bond donors (Lipinski definition) is 4. The Labute approximate surface area is 218 Å². The summed E-state index contributed by atoms with van der Waals surface area (Å²) in [4.78, 5) is 41.2. The maximum atomic E-state index is 13.8. The molecule has 0 saturated carbocycles. The number of aliphatic hydroxyl groups is 1. The highest BCUT2D eigenvalue weighted by atomic mass is 16.6. The first-order chi connectivity index (χ1) is 17.4. The lowest BCUT2D eigenvalue weighted by Crippen LogP contribution is -2.56. The molecule has 0 aliphatic heterocycles. The van der Waals surface area contributed by atoms with Gasteiger partial charge in [0.2, 0.25) is 11.8 Å². The van der Waals surface area contributed by atoms with Crippen molar-refractivity contribution in [3.8, 4) is 5.75 Å². The van der Waals surface area contributed by atoms with E-state index in [0.29, 0.717) is 17.5 Å². The zero-order valence-electron chi connectivity index (χ0n) is 22.4. The van der Waals surface area contributed by atoms with E-state index in [4.69, 9.17) is 4.74 Å². The predicted molar refractivity (Wildman–Crippen MR) is 141 cm³/mol. The Hall–Kier alpha value is -3.59. The van der Waals surface area contributed by atoms with E-state index in [2.05, 4.69) is 10.6 Å². The van der Waals surface area contributed by atoms with Crippen molar-refractivity contribution in [3.05, 3.63) is 65.2 Å². The van der Waals surface area contributed by atoms with E-state index in [9.17, 15) is 24.6 Å². The van der Waals surface area contributed by atoms with E-state index in [1.54, 1.807) is 46.8 Å². The van der Waals surface area contributed by atoms with Crippen LogP contribution >= 0.6 is 0 Å². The molecule has 0 aliphatic carbocycles. The van der Waals surface area contributed by atoms with Gasteiger partial charge in [-0.05, 0) is 69.9 Å². The summed E-state index contributed by atoms with van der Waals surface area (Å²) >= 11 is 0. The molecule has 0 radical (unpaired) electrons. The van der Waals surface area contributed by atoms with Crippen LogP contribution in [0.3, 0.4) is 0 Å². The van der Waals surface area contributed by atoms with E-state index < -0.39 is 48.2 Å². The third-order valence-electron chi connectivity index (χ3n) is 5.86. The van der Waals surface area contributed by atoms with Gasteiger partial charge in [-0.15, -0.1) is 0 Å². The molecule has 9 nitrogen and oxygen atoms in total. The standard InChI is InChI=1S/C28H39N3O6/c1-7-19(3)31(26(35)22(17-32)30-27(36)37-28(4,5)6)24(21-13-14-23(33)18(2)15-21)25(34)29-16-20-11-9-8-10-12-20/h8-15,19,22,24,32-33H,7,16-17H2,1-6H3,(H,29,34)(H,30,36). The van der Waals surface area contributed by atoms with E-state index in [1.165, 1.54) is 11.0 Å². The van der Waals surface area contributed by atoms with Crippen molar-refractivity contribution in [2.24, 2.45) is 0 Å². The van der Waals surface area contributed by atoms with Crippen molar-refractivity contribution in [1.29, 1.82) is 0 Å². The minimum absolute atomic E-state index is 0.0634. The monoisotopic (exact) mass is 513 g/mol. The number of phenols is 1. The number of carbonyl (C=O) groups is 3. The molecular weight excluding hydrogens is 474 g/mol. The molecular formula is C28H39N3O6. The van der Waals surface area contributed by atoms with Crippen molar-refractivity contribution in [2.45, 2.75) is 78.2 Å². The maximum Gasteiger partial charge on any atom is 0.408 e. The van der Waals surface area contributed by atoms with E-state index >= 15 is 0 Å². The molecule has 3 amide bonds. The maximum absolute atomic E-state index is 13.8. The summed E-state index contributed by atoms with van der Waals surface area (Å²) in [6.45, 7) is 10.0. The molecule has 3 unspecified atom stereocenters. The average Bonchev–Trinajstić information content (AvgIpc) is 2.84. The first kappa shape index (κ1) is 29.6. The SMILES string of the molecule is CCC(C)N(C(=O)C(CO)NC(=O)OC(C)(C)C)C(C(=O)NCc1ccccc1)c1ccc(O)c(C)c1. The highest BCUT2D eigenvalue weighted by Crippen LogP contribution is 2.29. The topological polar surface area (TPSA) is 128 Å². The van der Waals surface area contributed by atoms with Crippen LogP contribution in [0.15, 0.2) is 48.5 Å². The van der Waals surface area contributed by atoms with Gasteiger partial charge in [-0.1, -0.05) is 43.3 Å². The number of nitrogens with zero attached hydrogens (tertiary/aromatic N) is 1. The number of hydrogen-bond acceptors (Lipinski definition) is 6. The fourth-order valence-corrected chi connectivity index (χ4v) is 3.78. The van der Waals surface area contributed by atoms with E-state index in [-0.39, 0.29) is 12.3 Å². The number of rotatable bonds is 10. The van der Waals surface area contributed by atoms with Crippen molar-refractivity contribution < 1.29 is 29.3 Å². The van der Waals surface area contributed by atoms with Crippen LogP contribution < -0.4 is 10.6 Å². The predicted octanol–water partition coefficient (Wildman–Crippen LogP) is 3.57. The van der Waals surface area contributed by atoms with Crippen LogP contribution in [-0.2, 0) is 20.9 Å². The van der Waals surface area contributed by atoms with Gasteiger partial charge in [-0.25, -0.2) is 4.79 Å². The minimum Gasteiger partial charge on any atom is -0.508 e. The number of aryl methyl sites for hydroxylation is 1. The largest absolute Gasteiger partial charge is 0.508 e. The highest BCUT2D eigenvalue weighted by molar-refractivity contribution is 5.92. The Morgan fingerprint density at radius 1 is 1.08 bits per heavy atom. The number of alkyl carbamates (subject to hydrolysis) is 1. The van der Waals surface area contributed by atoms with E-state index in [0.717, 1.165) is 5.56 Å². The number of nitrogens with one attached hydrogen (secondary N) is 2. The Morgan fingerprint density at radius 3 is 2.27 bits per heavy atom. The molecule has 2 aromatic carbocycles. The number of aliphatic hydroxyl groups excluding tert-OH is 1. The molecule has 4 N–H and O–H groups in total. The average molecular weight is 514 g/mol. The molecule has 0 bridgehead atoms. The first-order valence-electron chi connectivity index (χ1n) is 12.4. The van der Waals surface area contributed by atoms with Crippen LogP contribution in [0.2, 0.25) is 0 Å². The van der Waals surface area contributed by atoms with Crippen LogP contribution in [-0.4, -0.2) is 57.3 Å². The van der Waals surface area contributed by atoms with Gasteiger partial charge >= 0.3 is 6.09 Å². The van der Waals surface area contributed by atoms with Gasteiger partial charge in [0.05, 0.1) is 6.61 Å². The fraction of sp³-hybridized carbons (Fsp3) is 0.464. The van der Waals surface area contributed by atoms with Crippen molar-refractivity contribution >= 4 is 17.9 Å². The molecule has 3 atom stereocenters. The summed E-state index contributed by atoms with van der Waals surface area (Å²) in [5.74, 6) is -1.00. The van der Waals surface area contributed by atoms with Crippen molar-refractivity contribution in [1.82, 2.24) is 15.5 Å². The lowest BCUT2D eigenvalue weighted by molar-refractivity contribution is -0.145. The van der Waals surface area contributed by atoms with Crippen molar-refractivity contribution in [3.63, 3.8) is 0 Å². The van der Waals surface area contributed by atoms with Crippen LogP contribution in [0.1, 0.15) is 63.8 Å². The molecule has 9 heteroatoms. The fourth-order valence-electron chi connectivity index (χ4n) is 3.78. The quantitative estimate of drug-likeness (QED) is 0.385. The second kappa shape index (κ2) is 13.1. The number of ether oxygens (including phenoxy) is 1. The molecule has 0 spiro atoms. The lowest BCUT2D eigenvalue weighted by atomic mass is 9.98. The summed E-state index contributed by atoms with van der Waals surface area (Å²) in [7, 11) is 0. The molecule has 37 heavy (non-hydrogen) atoms. The van der Waals surface area contributed by atoms with Gasteiger partial charge in [-0.2, -0.15) is 0 Å². The summed E-state index contributed by atoms with van der Waals surface area (Å²) in [6, 6.07) is 11.3. The molecule has 0 aliphatic rings. The van der Waals surface area contributed by atoms with Gasteiger partial charge in [0.15, 0.2) is 0 Å². The van der Waals surface area contributed by atoms with Crippen LogP contribution in [0.25, 0.3) is 0 Å². The zero-order valence-corrected chi connectivity index (χ0v) is 22.4. The van der Waals surface area contributed by atoms with Crippen LogP contribution in [0.5, 0.6) is 5.75 Å². The lowest BCUT2D eigenvalue weighted by Gasteiger charge is -2.38. The van der Waals surface area contributed by atoms with Crippen LogP contribution in [0, 0.1) is 6.92 Å². The van der Waals surface area contributed by atoms with Gasteiger partial charge in [0, 0.05) is 12.6 Å². The normalized spacial score (nSPS) is 13.7. The second-order valence-corrected chi connectivity index (χ2v) is 10.0. The van der Waals surface area contributed by atoms with Gasteiger partial charge in [-0.3, -0.25) is 9.59 Å². The molecule has 2 rings (SSSR count). The van der Waals surface area contributed by atoms with Crippen molar-refractivity contribution in [2.75, 3.05) is 6.61 Å². The third-order valence-corrected chi connectivity index (χ3v) is 5.86. The summed E-state index contributed by atoms with van der Waals surface area (Å²) in [6.07, 6.45) is -0.342. The Morgan fingerprint density at radius 2 is 1.73 bits per heavy atom. The zero-order chi connectivity index (χ0) is 27.8. The Kier molecular flexibility index (Phi) is 10.5. The molecule has 0 saturated heterocycles. The molecule has 202 valence electrons. The minimum atomic E-state index is -1.33. The summed E-state index contributed by atoms with van der Waals surface area (Å²) in [5.41, 5.74) is 1.12. The number of amides is 3.